The van der Waals surface area contributed by atoms with Gasteiger partial charge in [0.15, 0.2) is 0 Å². The Bertz CT molecular complexity index is 1340. The summed E-state index contributed by atoms with van der Waals surface area (Å²) in [6.07, 6.45) is 2.17. The largest absolute Gasteiger partial charge is 0.354 e. The maximum Gasteiger partial charge on any atom is 0.0555 e. The Kier molecular flexibility index (Phi) is 2.12. The van der Waals surface area contributed by atoms with Crippen LogP contribution in [-0.2, 0) is 0 Å². The fourth-order valence-electron chi connectivity index (χ4n) is 4.07. The quantitative estimate of drug-likeness (QED) is 0.367. The van der Waals surface area contributed by atoms with E-state index in [9.17, 15) is 0 Å². The molecule has 0 amide bonds. The molecule has 24 heavy (non-hydrogen) atoms. The lowest BCUT2D eigenvalue weighted by molar-refractivity contribution is 1.13. The summed E-state index contributed by atoms with van der Waals surface area (Å²) < 4.78 is 2.26. The number of fused-ring (bicyclic) bond motifs is 2. The minimum absolute atomic E-state index is 1.19. The molecule has 0 unspecified atom stereocenters. The number of hydrogen-bond donors (Lipinski definition) is 1. The van der Waals surface area contributed by atoms with Gasteiger partial charge in [0.25, 0.3) is 0 Å². The zero-order chi connectivity index (χ0) is 15.7. The first-order valence-corrected chi connectivity index (χ1v) is 8.22. The van der Waals surface area contributed by atoms with Crippen LogP contribution in [0.1, 0.15) is 0 Å². The smallest absolute Gasteiger partial charge is 0.0555 e. The molecule has 2 nitrogen and oxygen atoms in total. The summed E-state index contributed by atoms with van der Waals surface area (Å²) in [6, 6.07) is 26.0. The number of H-pyrrole nitrogens is 1. The normalized spacial score (nSPS) is 12.2. The summed E-state index contributed by atoms with van der Waals surface area (Å²) in [5, 5.41) is 6.62. The number of benzene rings is 4. The third-order valence-corrected chi connectivity index (χ3v) is 5.12. The van der Waals surface area contributed by atoms with E-state index < -0.39 is 0 Å². The van der Waals surface area contributed by atoms with Crippen LogP contribution in [0.5, 0.6) is 0 Å². The molecule has 0 atom stereocenters. The zero-order valence-electron chi connectivity index (χ0n) is 13.0. The van der Waals surface area contributed by atoms with E-state index in [0.717, 1.165) is 0 Å². The summed E-state index contributed by atoms with van der Waals surface area (Å²) in [7, 11) is 0. The van der Waals surface area contributed by atoms with Crippen molar-refractivity contribution in [2.75, 3.05) is 0 Å². The Labute approximate surface area is 138 Å². The Hall–Kier alpha value is -3.26. The second kappa shape index (κ2) is 4.18. The van der Waals surface area contributed by atoms with Gasteiger partial charge in [-0.05, 0) is 41.1 Å². The molecular weight excluding hydrogens is 292 g/mol. The fourth-order valence-corrected chi connectivity index (χ4v) is 4.07. The van der Waals surface area contributed by atoms with Gasteiger partial charge in [-0.1, -0.05) is 42.5 Å². The van der Waals surface area contributed by atoms with Gasteiger partial charge in [0.2, 0.25) is 0 Å². The molecule has 0 spiro atoms. The summed E-state index contributed by atoms with van der Waals surface area (Å²) in [6.45, 7) is 0. The number of nitrogens with zero attached hydrogens (tertiary/aromatic N) is 1. The fraction of sp³-hybridized carbons (Fsp3) is 0. The Morgan fingerprint density at radius 1 is 0.667 bits per heavy atom. The van der Waals surface area contributed by atoms with Gasteiger partial charge in [-0.15, -0.1) is 0 Å². The topological polar surface area (TPSA) is 20.7 Å². The van der Waals surface area contributed by atoms with E-state index in [0.29, 0.717) is 0 Å². The molecule has 2 heterocycles. The molecule has 0 aliphatic carbocycles. The first-order chi connectivity index (χ1) is 11.9. The molecule has 6 aromatic rings. The van der Waals surface area contributed by atoms with Gasteiger partial charge < -0.3 is 9.55 Å². The molecule has 0 radical (unpaired) electrons. The van der Waals surface area contributed by atoms with Crippen molar-refractivity contribution in [3.8, 4) is 5.69 Å². The van der Waals surface area contributed by atoms with Crippen molar-refractivity contribution >= 4 is 43.5 Å². The molecule has 0 bridgehead atoms. The second-order valence-corrected chi connectivity index (χ2v) is 6.40. The highest BCUT2D eigenvalue weighted by molar-refractivity contribution is 6.28. The van der Waals surface area contributed by atoms with Gasteiger partial charge in [0.05, 0.1) is 5.52 Å². The summed E-state index contributed by atoms with van der Waals surface area (Å²) in [5.41, 5.74) is 4.85. The van der Waals surface area contributed by atoms with Crippen molar-refractivity contribution in [1.29, 1.82) is 0 Å². The molecule has 0 saturated heterocycles. The van der Waals surface area contributed by atoms with Crippen LogP contribution >= 0.6 is 0 Å². The van der Waals surface area contributed by atoms with Crippen molar-refractivity contribution in [3.05, 3.63) is 79.0 Å². The Morgan fingerprint density at radius 3 is 2.50 bits per heavy atom. The van der Waals surface area contributed by atoms with Gasteiger partial charge in [0, 0.05) is 39.1 Å². The predicted octanol–water partition coefficient (Wildman–Crippen LogP) is 5.86. The SMILES string of the molecule is c1ccc(-n2ccc3c4ccc5cccc6[nH]c(cc32)c4c56)cc1. The first kappa shape index (κ1) is 12.2. The Balaban J connectivity index is 1.84. The van der Waals surface area contributed by atoms with Crippen molar-refractivity contribution < 1.29 is 0 Å². The number of aromatic amines is 1. The first-order valence-electron chi connectivity index (χ1n) is 8.22. The van der Waals surface area contributed by atoms with E-state index in [-0.39, 0.29) is 0 Å². The number of rotatable bonds is 1. The monoisotopic (exact) mass is 306 g/mol. The van der Waals surface area contributed by atoms with Crippen molar-refractivity contribution in [2.24, 2.45) is 0 Å². The van der Waals surface area contributed by atoms with Crippen LogP contribution in [0.25, 0.3) is 49.2 Å². The Morgan fingerprint density at radius 2 is 1.58 bits per heavy atom. The third kappa shape index (κ3) is 1.41. The van der Waals surface area contributed by atoms with E-state index in [1.165, 1.54) is 49.2 Å². The van der Waals surface area contributed by atoms with Gasteiger partial charge in [0.1, 0.15) is 0 Å². The molecule has 4 aromatic carbocycles. The lowest BCUT2D eigenvalue weighted by Crippen LogP contribution is -1.91. The average Bonchev–Trinajstić information content (AvgIpc) is 3.22. The highest BCUT2D eigenvalue weighted by Gasteiger charge is 2.15. The number of hydrogen-bond acceptors (Lipinski definition) is 0. The average molecular weight is 306 g/mol. The van der Waals surface area contributed by atoms with Crippen LogP contribution in [0.4, 0.5) is 0 Å². The van der Waals surface area contributed by atoms with Gasteiger partial charge in [-0.25, -0.2) is 0 Å². The van der Waals surface area contributed by atoms with Gasteiger partial charge >= 0.3 is 0 Å². The predicted molar refractivity (Wildman–Crippen MR) is 101 cm³/mol. The molecule has 1 N–H and O–H groups in total. The van der Waals surface area contributed by atoms with E-state index >= 15 is 0 Å². The minimum Gasteiger partial charge on any atom is -0.354 e. The summed E-state index contributed by atoms with van der Waals surface area (Å²) >= 11 is 0. The molecule has 2 aromatic heterocycles. The van der Waals surface area contributed by atoms with Crippen LogP contribution < -0.4 is 0 Å². The minimum atomic E-state index is 1.19. The van der Waals surface area contributed by atoms with Crippen LogP contribution in [0.15, 0.2) is 79.0 Å². The van der Waals surface area contributed by atoms with E-state index in [1.54, 1.807) is 0 Å². The van der Waals surface area contributed by atoms with Crippen molar-refractivity contribution in [3.63, 3.8) is 0 Å². The maximum absolute atomic E-state index is 3.61. The molecule has 0 aliphatic rings. The lowest BCUT2D eigenvalue weighted by atomic mass is 10.00. The highest BCUT2D eigenvalue weighted by atomic mass is 15.0. The summed E-state index contributed by atoms with van der Waals surface area (Å²) in [5.74, 6) is 0. The number of aromatic nitrogens is 2. The van der Waals surface area contributed by atoms with Crippen molar-refractivity contribution in [2.45, 2.75) is 0 Å². The van der Waals surface area contributed by atoms with Crippen LogP contribution in [0.3, 0.4) is 0 Å². The zero-order valence-corrected chi connectivity index (χ0v) is 13.0. The van der Waals surface area contributed by atoms with E-state index in [1.807, 2.05) is 0 Å². The number of nitrogens with one attached hydrogen (secondary N) is 1. The molecule has 0 aliphatic heterocycles. The lowest BCUT2D eigenvalue weighted by Gasteiger charge is -2.07. The van der Waals surface area contributed by atoms with Crippen molar-refractivity contribution in [1.82, 2.24) is 9.55 Å². The standard InChI is InChI=1S/C22H14N2/c1-2-6-15(7-3-1)24-12-11-16-17-10-9-14-5-4-8-18-21(14)22(17)19(23-18)13-20(16)24/h1-13,23H. The van der Waals surface area contributed by atoms with Crippen LogP contribution in [0, 0.1) is 0 Å². The number of para-hydroxylation sites is 1. The maximum atomic E-state index is 3.61. The molecule has 2 heteroatoms. The molecular formula is C22H14N2. The molecule has 6 rings (SSSR count). The second-order valence-electron chi connectivity index (χ2n) is 6.40. The molecule has 0 fully saturated rings. The van der Waals surface area contributed by atoms with Gasteiger partial charge in [-0.2, -0.15) is 0 Å². The third-order valence-electron chi connectivity index (χ3n) is 5.12. The van der Waals surface area contributed by atoms with Gasteiger partial charge in [-0.3, -0.25) is 0 Å². The molecule has 0 saturated carbocycles. The van der Waals surface area contributed by atoms with Crippen LogP contribution in [-0.4, -0.2) is 9.55 Å². The molecule has 112 valence electrons. The highest BCUT2D eigenvalue weighted by Crippen LogP contribution is 2.39. The van der Waals surface area contributed by atoms with E-state index in [2.05, 4.69) is 88.5 Å². The van der Waals surface area contributed by atoms with E-state index in [4.69, 9.17) is 0 Å². The summed E-state index contributed by atoms with van der Waals surface area (Å²) in [4.78, 5) is 3.61. The van der Waals surface area contributed by atoms with Crippen LogP contribution in [0.2, 0.25) is 0 Å².